The molecule has 0 unspecified atom stereocenters. The molecule has 2 aromatic carbocycles. The van der Waals surface area contributed by atoms with Gasteiger partial charge < -0.3 is 10.6 Å². The van der Waals surface area contributed by atoms with E-state index < -0.39 is 11.6 Å². The molecule has 0 radical (unpaired) electrons. The van der Waals surface area contributed by atoms with Gasteiger partial charge in [-0.25, -0.2) is 8.78 Å². The number of rotatable bonds is 4. The maximum atomic E-state index is 14.0. The fourth-order valence-corrected chi connectivity index (χ4v) is 2.26. The first kappa shape index (κ1) is 14.8. The molecule has 0 spiro atoms. The fraction of sp³-hybridized carbons (Fsp3) is 0.200. The van der Waals surface area contributed by atoms with Gasteiger partial charge in [0.05, 0.1) is 0 Å². The second-order valence-corrected chi connectivity index (χ2v) is 4.97. The lowest BCUT2D eigenvalue weighted by molar-refractivity contribution is 0.573. The highest BCUT2D eigenvalue weighted by atomic mass is 35.5. The van der Waals surface area contributed by atoms with E-state index in [9.17, 15) is 8.78 Å². The molecule has 2 N–H and O–H groups in total. The first-order chi connectivity index (χ1) is 9.52. The first-order valence-corrected chi connectivity index (χ1v) is 6.53. The molecule has 0 aromatic heterocycles. The minimum atomic E-state index is -0.625. The SMILES string of the molecule is CN(Cc1ccccc1Cl)c1c(F)cc(CN)cc1F. The molecule has 5 heteroatoms. The largest absolute Gasteiger partial charge is 0.365 e. The smallest absolute Gasteiger partial charge is 0.149 e. The van der Waals surface area contributed by atoms with Gasteiger partial charge in [-0.2, -0.15) is 0 Å². The summed E-state index contributed by atoms with van der Waals surface area (Å²) in [6.07, 6.45) is 0. The summed E-state index contributed by atoms with van der Waals surface area (Å²) in [4.78, 5) is 1.49. The van der Waals surface area contributed by atoms with E-state index in [-0.39, 0.29) is 12.2 Å². The summed E-state index contributed by atoms with van der Waals surface area (Å²) in [6, 6.07) is 9.71. The number of hydrogen-bond donors (Lipinski definition) is 1. The Morgan fingerprint density at radius 3 is 2.30 bits per heavy atom. The van der Waals surface area contributed by atoms with Crippen molar-refractivity contribution in [3.05, 3.63) is 64.2 Å². The normalized spacial score (nSPS) is 10.7. The standard InChI is InChI=1S/C15H15ClF2N2/c1-20(9-11-4-2-3-5-12(11)16)15-13(17)6-10(8-19)7-14(15)18/h2-7H,8-9,19H2,1H3. The average Bonchev–Trinajstić information content (AvgIpc) is 2.40. The van der Waals surface area contributed by atoms with Crippen LogP contribution in [0.2, 0.25) is 5.02 Å². The van der Waals surface area contributed by atoms with Crippen molar-refractivity contribution in [1.29, 1.82) is 0 Å². The average molecular weight is 297 g/mol. The van der Waals surface area contributed by atoms with Gasteiger partial charge in [-0.05, 0) is 29.3 Å². The van der Waals surface area contributed by atoms with Crippen LogP contribution in [0.25, 0.3) is 0 Å². The zero-order valence-corrected chi connectivity index (χ0v) is 11.8. The maximum Gasteiger partial charge on any atom is 0.149 e. The lowest BCUT2D eigenvalue weighted by Gasteiger charge is -2.21. The quantitative estimate of drug-likeness (QED) is 0.932. The molecule has 20 heavy (non-hydrogen) atoms. The number of halogens is 3. The van der Waals surface area contributed by atoms with E-state index in [4.69, 9.17) is 17.3 Å². The van der Waals surface area contributed by atoms with Crippen molar-refractivity contribution in [2.75, 3.05) is 11.9 Å². The third-order valence-corrected chi connectivity index (χ3v) is 3.43. The Kier molecular flexibility index (Phi) is 4.57. The van der Waals surface area contributed by atoms with Crippen LogP contribution in [0.5, 0.6) is 0 Å². The van der Waals surface area contributed by atoms with Gasteiger partial charge >= 0.3 is 0 Å². The molecule has 2 nitrogen and oxygen atoms in total. The molecule has 0 atom stereocenters. The molecule has 2 aromatic rings. The highest BCUT2D eigenvalue weighted by Crippen LogP contribution is 2.26. The summed E-state index contributed by atoms with van der Waals surface area (Å²) in [5.74, 6) is -1.25. The summed E-state index contributed by atoms with van der Waals surface area (Å²) in [7, 11) is 1.62. The topological polar surface area (TPSA) is 29.3 Å². The van der Waals surface area contributed by atoms with Crippen molar-refractivity contribution < 1.29 is 8.78 Å². The van der Waals surface area contributed by atoms with E-state index in [1.807, 2.05) is 18.2 Å². The molecule has 0 aliphatic heterocycles. The fourth-order valence-electron chi connectivity index (χ4n) is 2.06. The Labute approximate surface area is 121 Å². The zero-order chi connectivity index (χ0) is 14.7. The number of nitrogens with two attached hydrogens (primary N) is 1. The second-order valence-electron chi connectivity index (χ2n) is 4.56. The van der Waals surface area contributed by atoms with Gasteiger partial charge in [0.2, 0.25) is 0 Å². The van der Waals surface area contributed by atoms with Gasteiger partial charge in [0.15, 0.2) is 0 Å². The van der Waals surface area contributed by atoms with Crippen molar-refractivity contribution in [2.24, 2.45) is 5.73 Å². The third-order valence-electron chi connectivity index (χ3n) is 3.06. The van der Waals surface area contributed by atoms with Gasteiger partial charge in [0, 0.05) is 25.2 Å². The van der Waals surface area contributed by atoms with Crippen LogP contribution >= 0.6 is 11.6 Å². The van der Waals surface area contributed by atoms with E-state index in [2.05, 4.69) is 0 Å². The molecule has 0 saturated heterocycles. The van der Waals surface area contributed by atoms with E-state index in [1.165, 1.54) is 17.0 Å². The summed E-state index contributed by atoms with van der Waals surface area (Å²) < 4.78 is 28.0. The molecule has 106 valence electrons. The van der Waals surface area contributed by atoms with Crippen molar-refractivity contribution >= 4 is 17.3 Å². The van der Waals surface area contributed by atoms with Crippen LogP contribution in [0.3, 0.4) is 0 Å². The van der Waals surface area contributed by atoms with Gasteiger partial charge in [-0.3, -0.25) is 0 Å². The molecule has 0 saturated carbocycles. The van der Waals surface area contributed by atoms with Crippen LogP contribution in [0.4, 0.5) is 14.5 Å². The minimum absolute atomic E-state index is 0.0814. The Morgan fingerprint density at radius 2 is 1.75 bits per heavy atom. The van der Waals surface area contributed by atoms with Crippen molar-refractivity contribution in [3.8, 4) is 0 Å². The predicted octanol–water partition coefficient (Wildman–Crippen LogP) is 3.71. The van der Waals surface area contributed by atoms with Crippen molar-refractivity contribution in [1.82, 2.24) is 0 Å². The number of benzene rings is 2. The molecule has 0 amide bonds. The van der Waals surface area contributed by atoms with Crippen molar-refractivity contribution in [3.63, 3.8) is 0 Å². The van der Waals surface area contributed by atoms with Crippen LogP contribution in [0.15, 0.2) is 36.4 Å². The predicted molar refractivity (Wildman–Crippen MR) is 77.8 cm³/mol. The summed E-state index contributed by atoms with van der Waals surface area (Å²) in [5.41, 5.74) is 6.54. The Morgan fingerprint density at radius 1 is 1.15 bits per heavy atom. The molecular formula is C15H15ClF2N2. The summed E-state index contributed by atoms with van der Waals surface area (Å²) in [6.45, 7) is 0.415. The molecule has 2 rings (SSSR count). The zero-order valence-electron chi connectivity index (χ0n) is 11.0. The van der Waals surface area contributed by atoms with E-state index in [0.717, 1.165) is 5.56 Å². The number of nitrogens with zero attached hydrogens (tertiary/aromatic N) is 1. The highest BCUT2D eigenvalue weighted by Gasteiger charge is 2.16. The van der Waals surface area contributed by atoms with Crippen LogP contribution in [0.1, 0.15) is 11.1 Å². The Balaban J connectivity index is 2.30. The lowest BCUT2D eigenvalue weighted by Crippen LogP contribution is -2.20. The molecule has 0 bridgehead atoms. The lowest BCUT2D eigenvalue weighted by atomic mass is 10.1. The third kappa shape index (κ3) is 3.08. The molecular weight excluding hydrogens is 282 g/mol. The summed E-state index contributed by atoms with van der Waals surface area (Å²) >= 11 is 6.05. The van der Waals surface area contributed by atoms with E-state index in [1.54, 1.807) is 13.1 Å². The van der Waals surface area contributed by atoms with Crippen LogP contribution in [-0.4, -0.2) is 7.05 Å². The second kappa shape index (κ2) is 6.20. The number of hydrogen-bond acceptors (Lipinski definition) is 2. The van der Waals surface area contributed by atoms with E-state index >= 15 is 0 Å². The minimum Gasteiger partial charge on any atom is -0.365 e. The van der Waals surface area contributed by atoms with Crippen LogP contribution in [0, 0.1) is 11.6 Å². The van der Waals surface area contributed by atoms with Gasteiger partial charge in [-0.1, -0.05) is 29.8 Å². The monoisotopic (exact) mass is 296 g/mol. The molecule has 0 fully saturated rings. The Bertz CT molecular complexity index is 594. The summed E-state index contributed by atoms with van der Waals surface area (Å²) in [5, 5.41) is 0.568. The highest BCUT2D eigenvalue weighted by molar-refractivity contribution is 6.31. The number of anilines is 1. The molecule has 0 aliphatic rings. The molecule has 0 aliphatic carbocycles. The van der Waals surface area contributed by atoms with Gasteiger partial charge in [0.1, 0.15) is 17.3 Å². The van der Waals surface area contributed by atoms with Crippen molar-refractivity contribution in [2.45, 2.75) is 13.1 Å². The van der Waals surface area contributed by atoms with Gasteiger partial charge in [-0.15, -0.1) is 0 Å². The van der Waals surface area contributed by atoms with Crippen LogP contribution in [-0.2, 0) is 13.1 Å². The molecule has 0 heterocycles. The Hall–Kier alpha value is -1.65. The van der Waals surface area contributed by atoms with Gasteiger partial charge in [0.25, 0.3) is 0 Å². The van der Waals surface area contributed by atoms with Crippen LogP contribution < -0.4 is 10.6 Å². The first-order valence-electron chi connectivity index (χ1n) is 6.15. The van der Waals surface area contributed by atoms with E-state index in [0.29, 0.717) is 17.1 Å². The maximum absolute atomic E-state index is 14.0.